The third-order valence-electron chi connectivity index (χ3n) is 17.2. The number of rotatable bonds is 36. The van der Waals surface area contributed by atoms with E-state index in [2.05, 4.69) is 108 Å². The second kappa shape index (κ2) is 30.0. The highest BCUT2D eigenvalue weighted by atomic mass is 16.5. The molecule has 1 aliphatic rings. The molecule has 1 fully saturated rings. The van der Waals surface area contributed by atoms with Crippen molar-refractivity contribution in [2.75, 3.05) is 52.7 Å². The van der Waals surface area contributed by atoms with Crippen LogP contribution in [0.4, 0.5) is 0 Å². The molecule has 2 aromatic rings. The fourth-order valence-corrected chi connectivity index (χ4v) is 10.2. The quantitative estimate of drug-likeness (QED) is 0.0454. The first-order chi connectivity index (χ1) is 33.2. The highest BCUT2D eigenvalue weighted by Gasteiger charge is 2.43. The molecule has 5 atom stereocenters. The van der Waals surface area contributed by atoms with E-state index in [1.54, 1.807) is 0 Å². The normalized spacial score (nSPS) is 19.2. The fourth-order valence-electron chi connectivity index (χ4n) is 10.2. The second-order valence-corrected chi connectivity index (χ2v) is 26.8. The highest BCUT2D eigenvalue weighted by molar-refractivity contribution is 5.21. The lowest BCUT2D eigenvalue weighted by Crippen LogP contribution is -2.46. The molecule has 3 rings (SSSR count). The molecule has 0 bridgehead atoms. The van der Waals surface area contributed by atoms with Crippen molar-refractivity contribution in [2.45, 2.75) is 237 Å². The van der Waals surface area contributed by atoms with Crippen molar-refractivity contribution in [2.24, 2.45) is 39.9 Å². The Bertz CT molecular complexity index is 1810. The minimum absolute atomic E-state index is 0. The van der Waals surface area contributed by atoms with Gasteiger partial charge < -0.3 is 44.0 Å². The van der Waals surface area contributed by atoms with Gasteiger partial charge >= 0.3 is 0 Å². The van der Waals surface area contributed by atoms with Crippen LogP contribution in [-0.2, 0) is 18.9 Å². The zero-order valence-corrected chi connectivity index (χ0v) is 49.1. The number of unbranched alkanes of at least 4 members (excludes halogenated alkanes) is 2. The summed E-state index contributed by atoms with van der Waals surface area (Å²) in [6, 6.07) is 19.5. The molecule has 0 radical (unpaired) electrons. The lowest BCUT2D eigenvalue weighted by molar-refractivity contribution is -0.139. The maximum atomic E-state index is 11.0. The summed E-state index contributed by atoms with van der Waals surface area (Å²) in [6.45, 7) is 45.8. The van der Waals surface area contributed by atoms with Crippen LogP contribution in [0.3, 0.4) is 0 Å². The smallest absolute Gasteiger partial charge is 0.119 e. The van der Waals surface area contributed by atoms with Gasteiger partial charge in [0.05, 0.1) is 60.0 Å². The summed E-state index contributed by atoms with van der Waals surface area (Å²) >= 11 is 0. The van der Waals surface area contributed by atoms with Crippen LogP contribution in [0.25, 0.3) is 0 Å². The van der Waals surface area contributed by atoms with Gasteiger partial charge in [-0.1, -0.05) is 105 Å². The predicted octanol–water partition coefficient (Wildman–Crippen LogP) is 15.7. The van der Waals surface area contributed by atoms with Crippen LogP contribution in [0.5, 0.6) is 11.5 Å². The third kappa shape index (κ3) is 24.0. The van der Waals surface area contributed by atoms with Gasteiger partial charge in [0.2, 0.25) is 0 Å². The zero-order valence-electron chi connectivity index (χ0n) is 49.1. The maximum Gasteiger partial charge on any atom is 0.119 e. The Morgan fingerprint density at radius 1 is 0.608 bits per heavy atom. The van der Waals surface area contributed by atoms with Crippen LogP contribution in [0, 0.1) is 39.9 Å². The molecule has 0 aliphatic heterocycles. The van der Waals surface area contributed by atoms with Crippen LogP contribution in [0.2, 0.25) is 0 Å². The number of nitrogens with one attached hydrogen (secondary N) is 1. The van der Waals surface area contributed by atoms with E-state index in [9.17, 15) is 10.2 Å². The van der Waals surface area contributed by atoms with Crippen molar-refractivity contribution in [3.05, 3.63) is 73.3 Å². The van der Waals surface area contributed by atoms with Crippen molar-refractivity contribution in [3.63, 3.8) is 0 Å². The van der Waals surface area contributed by atoms with Gasteiger partial charge in [-0.2, -0.15) is 0 Å². The Morgan fingerprint density at radius 2 is 1.03 bits per heavy atom. The Labute approximate surface area is 456 Å². The van der Waals surface area contributed by atoms with E-state index in [1.807, 2.05) is 88.4 Å². The molecule has 5 unspecified atom stereocenters. The third-order valence-corrected chi connectivity index (χ3v) is 17.2. The van der Waals surface area contributed by atoms with Gasteiger partial charge in [0, 0.05) is 31.6 Å². The van der Waals surface area contributed by atoms with Crippen LogP contribution in [-0.4, -0.2) is 96.6 Å². The minimum atomic E-state index is -0.933. The van der Waals surface area contributed by atoms with E-state index in [-0.39, 0.29) is 65.3 Å². The average Bonchev–Trinajstić information content (AvgIpc) is 3.27. The summed E-state index contributed by atoms with van der Waals surface area (Å²) in [5, 5.41) is 25.6. The summed E-state index contributed by atoms with van der Waals surface area (Å²) < 4.78 is 38.4. The summed E-state index contributed by atoms with van der Waals surface area (Å²) in [6.07, 6.45) is 14.2. The number of hydrogen-bond donors (Lipinski definition) is 3. The predicted molar refractivity (Wildman–Crippen MR) is 314 cm³/mol. The van der Waals surface area contributed by atoms with E-state index in [1.165, 1.54) is 12.8 Å². The van der Waals surface area contributed by atoms with Gasteiger partial charge in [-0.3, -0.25) is 0 Å². The SMILES string of the molecule is C.C.C=CC1CC(C)(CC(C)(C)OCCCCC(C)(C)C(C)(C)OCC(COc2ccccc2)C(C)(C)O)CCC1CCNCC(C)(C)OCCCCC(C)(C)C(C)(C)OCC(COc1ccccc1)C(C)(C)O. The molecule has 0 aromatic heterocycles. The van der Waals surface area contributed by atoms with Gasteiger partial charge in [-0.25, -0.2) is 0 Å². The first-order valence-corrected chi connectivity index (χ1v) is 27.9. The topological polar surface area (TPSA) is 108 Å². The van der Waals surface area contributed by atoms with Crippen LogP contribution >= 0.6 is 0 Å². The Morgan fingerprint density at radius 3 is 1.43 bits per heavy atom. The molecule has 430 valence electrons. The van der Waals surface area contributed by atoms with Crippen LogP contribution in [0.15, 0.2) is 73.3 Å². The van der Waals surface area contributed by atoms with Crippen molar-refractivity contribution >= 4 is 0 Å². The minimum Gasteiger partial charge on any atom is -0.493 e. The van der Waals surface area contributed by atoms with Crippen molar-refractivity contribution in [1.82, 2.24) is 5.32 Å². The van der Waals surface area contributed by atoms with Crippen LogP contribution in [0.1, 0.15) is 203 Å². The molecule has 2 aromatic carbocycles. The molecule has 9 nitrogen and oxygen atoms in total. The molecule has 0 heterocycles. The lowest BCUT2D eigenvalue weighted by Gasteiger charge is -2.45. The first kappa shape index (κ1) is 69.5. The molecule has 1 saturated carbocycles. The zero-order chi connectivity index (χ0) is 54.1. The van der Waals surface area contributed by atoms with Crippen LogP contribution < -0.4 is 14.8 Å². The van der Waals surface area contributed by atoms with Crippen molar-refractivity contribution in [1.29, 1.82) is 0 Å². The second-order valence-electron chi connectivity index (χ2n) is 26.8. The molecule has 74 heavy (non-hydrogen) atoms. The van der Waals surface area contributed by atoms with E-state index >= 15 is 0 Å². The molecular formula is C65H117NO8. The van der Waals surface area contributed by atoms with Gasteiger partial charge in [0.1, 0.15) is 11.5 Å². The van der Waals surface area contributed by atoms with Crippen molar-refractivity contribution < 1.29 is 38.6 Å². The summed E-state index contributed by atoms with van der Waals surface area (Å²) in [4.78, 5) is 0. The summed E-state index contributed by atoms with van der Waals surface area (Å²) in [5.41, 5.74) is -3.01. The summed E-state index contributed by atoms with van der Waals surface area (Å²) in [5.74, 6) is 2.40. The van der Waals surface area contributed by atoms with E-state index in [0.717, 1.165) is 95.6 Å². The fraction of sp³-hybridized carbons (Fsp3) is 0.785. The molecule has 0 amide bonds. The number of benzene rings is 2. The molecule has 1 aliphatic carbocycles. The maximum absolute atomic E-state index is 11.0. The molecular weight excluding hydrogens is 923 g/mol. The van der Waals surface area contributed by atoms with E-state index in [0.29, 0.717) is 38.3 Å². The number of allylic oxidation sites excluding steroid dienone is 1. The number of para-hydroxylation sites is 2. The highest BCUT2D eigenvalue weighted by Crippen LogP contribution is 2.49. The average molecular weight is 1040 g/mol. The van der Waals surface area contributed by atoms with E-state index < -0.39 is 11.2 Å². The standard InChI is InChI=1S/C63H109NO8.2CH4/c1-19-49-42-63(18,47-57(6,7)69-40-28-26-36-55(2,3)61(14,15)71-45-51(59(10,11)65)43-67-53-30-22-20-23-31-53)38-34-50(49)35-39-64-48-58(8,9)70-41-29-27-37-56(4,5)62(16,17)72-46-52(60(12,13)66)44-68-54-32-24-21-25-33-54;;/h19-25,30-33,49-52,64-66H,1,26-29,34-48H2,2-18H3;2*1H4. The first-order valence-electron chi connectivity index (χ1n) is 27.9. The Hall–Kier alpha value is -2.50. The van der Waals surface area contributed by atoms with Gasteiger partial charge in [0.15, 0.2) is 0 Å². The Balaban J connectivity index is 0.0000137. The molecule has 3 N–H and O–H groups in total. The lowest BCUT2D eigenvalue weighted by atomic mass is 9.62. The van der Waals surface area contributed by atoms with Gasteiger partial charge in [-0.15, -0.1) is 6.58 Å². The summed E-state index contributed by atoms with van der Waals surface area (Å²) in [7, 11) is 0. The van der Waals surface area contributed by atoms with Gasteiger partial charge in [0.25, 0.3) is 0 Å². The largest absolute Gasteiger partial charge is 0.493 e. The number of ether oxygens (including phenoxy) is 6. The Kier molecular flexibility index (Phi) is 28.2. The number of aliphatic hydroxyl groups is 2. The van der Waals surface area contributed by atoms with Crippen molar-refractivity contribution in [3.8, 4) is 11.5 Å². The number of hydrogen-bond acceptors (Lipinski definition) is 9. The molecule has 9 heteroatoms. The monoisotopic (exact) mass is 1040 g/mol. The molecule has 0 saturated heterocycles. The van der Waals surface area contributed by atoms with E-state index in [4.69, 9.17) is 28.4 Å². The molecule has 0 spiro atoms. The van der Waals surface area contributed by atoms with Gasteiger partial charge in [-0.05, 0) is 200 Å².